The van der Waals surface area contributed by atoms with E-state index in [0.717, 1.165) is 19.3 Å². The molecule has 0 aromatic rings. The van der Waals surface area contributed by atoms with E-state index in [1.165, 1.54) is 0 Å². The zero-order chi connectivity index (χ0) is 12.5. The number of rotatable bonds is 3. The number of aliphatic hydroxyl groups excluding tert-OH is 1. The minimum Gasteiger partial charge on any atom is -0.393 e. The Morgan fingerprint density at radius 3 is 2.88 bits per heavy atom. The van der Waals surface area contributed by atoms with Gasteiger partial charge in [0.15, 0.2) is 0 Å². The van der Waals surface area contributed by atoms with Gasteiger partial charge in [-0.1, -0.05) is 0 Å². The molecule has 4 unspecified atom stereocenters. The molecule has 98 valence electrons. The zero-order valence-electron chi connectivity index (χ0n) is 10.3. The van der Waals surface area contributed by atoms with E-state index >= 15 is 0 Å². The first-order valence-corrected chi connectivity index (χ1v) is 6.32. The fraction of sp³-hybridized carbons (Fsp3) is 0.917. The molecule has 5 nitrogen and oxygen atoms in total. The summed E-state index contributed by atoms with van der Waals surface area (Å²) in [6, 6.07) is -0.225. The number of amides is 1. The lowest BCUT2D eigenvalue weighted by molar-refractivity contribution is -0.130. The van der Waals surface area contributed by atoms with Gasteiger partial charge in [0.25, 0.3) is 0 Å². The Balaban J connectivity index is 1.81. The highest BCUT2D eigenvalue weighted by Gasteiger charge is 2.44. The molecule has 1 heterocycles. The molecule has 1 amide bonds. The summed E-state index contributed by atoms with van der Waals surface area (Å²) in [5.41, 5.74) is 5.29. The normalized spacial score (nSPS) is 41.7. The molecule has 2 aliphatic rings. The Hall–Kier alpha value is -0.650. The molecule has 1 aliphatic carbocycles. The van der Waals surface area contributed by atoms with Gasteiger partial charge in [0, 0.05) is 12.6 Å². The van der Waals surface area contributed by atoms with E-state index in [1.54, 1.807) is 0 Å². The van der Waals surface area contributed by atoms with Crippen LogP contribution in [-0.4, -0.2) is 42.9 Å². The van der Waals surface area contributed by atoms with Crippen molar-refractivity contribution in [2.24, 2.45) is 17.1 Å². The second-order valence-electron chi connectivity index (χ2n) is 5.58. The molecule has 0 radical (unpaired) electrons. The Morgan fingerprint density at radius 2 is 2.35 bits per heavy atom. The van der Waals surface area contributed by atoms with Crippen LogP contribution in [0.5, 0.6) is 0 Å². The monoisotopic (exact) mass is 242 g/mol. The first kappa shape index (κ1) is 12.8. The summed E-state index contributed by atoms with van der Waals surface area (Å²) in [6.45, 7) is 3.33. The molecular formula is C12H22N2O3. The number of aliphatic hydroxyl groups is 1. The van der Waals surface area contributed by atoms with Crippen molar-refractivity contribution in [3.05, 3.63) is 0 Å². The predicted molar refractivity (Wildman–Crippen MR) is 63.3 cm³/mol. The third-order valence-corrected chi connectivity index (χ3v) is 4.10. The van der Waals surface area contributed by atoms with Crippen LogP contribution in [0.15, 0.2) is 0 Å². The predicted octanol–water partition coefficient (Wildman–Crippen LogP) is -0.373. The lowest BCUT2D eigenvalue weighted by Gasteiger charge is -2.26. The third kappa shape index (κ3) is 2.61. The first-order chi connectivity index (χ1) is 8.02. The van der Waals surface area contributed by atoms with Crippen molar-refractivity contribution in [3.63, 3.8) is 0 Å². The van der Waals surface area contributed by atoms with Crippen LogP contribution < -0.4 is 11.1 Å². The molecule has 1 saturated carbocycles. The Kier molecular flexibility index (Phi) is 3.70. The number of nitrogens with one attached hydrogen (secondary N) is 1. The molecular weight excluding hydrogens is 220 g/mol. The topological polar surface area (TPSA) is 84.6 Å². The number of carbonyl (C=O) groups is 1. The second kappa shape index (κ2) is 4.92. The van der Waals surface area contributed by atoms with Gasteiger partial charge in [-0.15, -0.1) is 0 Å². The van der Waals surface area contributed by atoms with Gasteiger partial charge < -0.3 is 20.9 Å². The average molecular weight is 242 g/mol. The Labute approximate surface area is 102 Å². The van der Waals surface area contributed by atoms with Crippen LogP contribution in [0.2, 0.25) is 0 Å². The lowest BCUT2D eigenvalue weighted by Crippen LogP contribution is -2.50. The van der Waals surface area contributed by atoms with Gasteiger partial charge in [0.2, 0.25) is 5.91 Å². The van der Waals surface area contributed by atoms with Crippen LogP contribution >= 0.6 is 0 Å². The van der Waals surface area contributed by atoms with E-state index in [9.17, 15) is 9.90 Å². The summed E-state index contributed by atoms with van der Waals surface area (Å²) >= 11 is 0. The summed E-state index contributed by atoms with van der Waals surface area (Å²) in [5.74, 6) is 0.375. The van der Waals surface area contributed by atoms with Crippen LogP contribution in [0.1, 0.15) is 26.2 Å². The van der Waals surface area contributed by atoms with Crippen LogP contribution in [0.3, 0.4) is 0 Å². The van der Waals surface area contributed by atoms with Crippen molar-refractivity contribution < 1.29 is 14.6 Å². The molecule has 1 saturated heterocycles. The smallest absolute Gasteiger partial charge is 0.229 e. The standard InChI is InChI=1S/C12H22N2O3/c1-12(7-17-6-10(12)13)11(16)14-5-8-2-3-9(15)4-8/h8-10,15H,2-7,13H2,1H3,(H,14,16). The fourth-order valence-corrected chi connectivity index (χ4v) is 2.60. The number of hydrogen-bond acceptors (Lipinski definition) is 4. The molecule has 0 spiro atoms. The minimum absolute atomic E-state index is 0.0242. The third-order valence-electron chi connectivity index (χ3n) is 4.10. The highest BCUT2D eigenvalue weighted by molar-refractivity contribution is 5.83. The number of carbonyl (C=O) groups excluding carboxylic acids is 1. The number of nitrogens with two attached hydrogens (primary N) is 1. The highest BCUT2D eigenvalue weighted by atomic mass is 16.5. The molecule has 1 aliphatic heterocycles. The van der Waals surface area contributed by atoms with Crippen molar-refractivity contribution in [1.29, 1.82) is 0 Å². The molecule has 4 N–H and O–H groups in total. The SMILES string of the molecule is CC1(C(=O)NCC2CCC(O)C2)COCC1N. The van der Waals surface area contributed by atoms with Crippen LogP contribution in [0, 0.1) is 11.3 Å². The highest BCUT2D eigenvalue weighted by Crippen LogP contribution is 2.28. The molecule has 2 rings (SSSR count). The van der Waals surface area contributed by atoms with E-state index in [4.69, 9.17) is 10.5 Å². The van der Waals surface area contributed by atoms with Crippen molar-refractivity contribution >= 4 is 5.91 Å². The molecule has 0 aromatic carbocycles. The van der Waals surface area contributed by atoms with Crippen molar-refractivity contribution in [3.8, 4) is 0 Å². The molecule has 4 atom stereocenters. The molecule has 5 heteroatoms. The fourth-order valence-electron chi connectivity index (χ4n) is 2.60. The van der Waals surface area contributed by atoms with Crippen LogP contribution in [0.25, 0.3) is 0 Å². The van der Waals surface area contributed by atoms with E-state index < -0.39 is 5.41 Å². The Bertz CT molecular complexity index is 297. The Morgan fingerprint density at radius 1 is 1.59 bits per heavy atom. The maximum atomic E-state index is 12.1. The van der Waals surface area contributed by atoms with Gasteiger partial charge in [0.05, 0.1) is 24.7 Å². The number of ether oxygens (including phenoxy) is 1. The van der Waals surface area contributed by atoms with E-state index in [-0.39, 0.29) is 18.1 Å². The zero-order valence-corrected chi connectivity index (χ0v) is 10.3. The van der Waals surface area contributed by atoms with Gasteiger partial charge in [-0.2, -0.15) is 0 Å². The maximum absolute atomic E-state index is 12.1. The van der Waals surface area contributed by atoms with Crippen molar-refractivity contribution in [1.82, 2.24) is 5.32 Å². The van der Waals surface area contributed by atoms with Crippen LogP contribution in [0.4, 0.5) is 0 Å². The van der Waals surface area contributed by atoms with Gasteiger partial charge in [0.1, 0.15) is 0 Å². The molecule has 17 heavy (non-hydrogen) atoms. The minimum atomic E-state index is -0.600. The van der Waals surface area contributed by atoms with Gasteiger partial charge in [-0.3, -0.25) is 4.79 Å². The molecule has 0 aromatic heterocycles. The van der Waals surface area contributed by atoms with E-state index in [0.29, 0.717) is 25.7 Å². The van der Waals surface area contributed by atoms with Gasteiger partial charge in [-0.05, 0) is 32.1 Å². The van der Waals surface area contributed by atoms with Crippen molar-refractivity contribution in [2.45, 2.75) is 38.3 Å². The quantitative estimate of drug-likeness (QED) is 0.630. The van der Waals surface area contributed by atoms with Gasteiger partial charge >= 0.3 is 0 Å². The molecule has 0 bridgehead atoms. The van der Waals surface area contributed by atoms with Crippen LogP contribution in [-0.2, 0) is 9.53 Å². The second-order valence-corrected chi connectivity index (χ2v) is 5.58. The number of hydrogen-bond donors (Lipinski definition) is 3. The summed E-state index contributed by atoms with van der Waals surface area (Å²) < 4.78 is 5.26. The largest absolute Gasteiger partial charge is 0.393 e. The molecule has 2 fully saturated rings. The van der Waals surface area contributed by atoms with Crippen molar-refractivity contribution in [2.75, 3.05) is 19.8 Å². The summed E-state index contributed by atoms with van der Waals surface area (Å²) in [7, 11) is 0. The summed E-state index contributed by atoms with van der Waals surface area (Å²) in [6.07, 6.45) is 2.44. The first-order valence-electron chi connectivity index (χ1n) is 6.32. The van der Waals surface area contributed by atoms with E-state index in [2.05, 4.69) is 5.32 Å². The van der Waals surface area contributed by atoms with E-state index in [1.807, 2.05) is 6.92 Å². The maximum Gasteiger partial charge on any atom is 0.229 e. The summed E-state index contributed by atoms with van der Waals surface area (Å²) in [5, 5.41) is 12.4. The average Bonchev–Trinajstić information content (AvgIpc) is 2.84. The van der Waals surface area contributed by atoms with Gasteiger partial charge in [-0.25, -0.2) is 0 Å². The lowest BCUT2D eigenvalue weighted by atomic mass is 9.84. The summed E-state index contributed by atoms with van der Waals surface area (Å²) in [4.78, 5) is 12.1.